The molecule has 94 valence electrons. The van der Waals surface area contributed by atoms with Crippen LogP contribution in [0, 0.1) is 5.92 Å². The lowest BCUT2D eigenvalue weighted by Gasteiger charge is -2.11. The third-order valence-corrected chi connectivity index (χ3v) is 2.47. The number of aliphatic carboxylic acids is 1. The largest absolute Gasteiger partial charge is 0.481 e. The van der Waals surface area contributed by atoms with E-state index in [-0.39, 0.29) is 17.0 Å². The van der Waals surface area contributed by atoms with Gasteiger partial charge in [0.25, 0.3) is 0 Å². The van der Waals surface area contributed by atoms with E-state index in [1.165, 1.54) is 13.0 Å². The van der Waals surface area contributed by atoms with E-state index in [4.69, 9.17) is 16.7 Å². The van der Waals surface area contributed by atoms with Crippen LogP contribution in [-0.4, -0.2) is 11.1 Å². The molecule has 1 rings (SSSR count). The van der Waals surface area contributed by atoms with Crippen molar-refractivity contribution in [2.75, 3.05) is 0 Å². The van der Waals surface area contributed by atoms with E-state index < -0.39 is 23.6 Å². The summed E-state index contributed by atoms with van der Waals surface area (Å²) in [6, 6.07) is 3.08. The van der Waals surface area contributed by atoms with Crippen molar-refractivity contribution in [2.24, 2.45) is 5.92 Å². The second-order valence-electron chi connectivity index (χ2n) is 3.79. The lowest BCUT2D eigenvalue weighted by atomic mass is 9.99. The van der Waals surface area contributed by atoms with Gasteiger partial charge in [-0.25, -0.2) is 0 Å². The standard InChI is InChI=1S/C11H10ClF3O2/c1-6(10(16)17)2-7-3-8(11(13,14)15)5-9(12)4-7/h3-6H,2H2,1H3,(H,16,17). The minimum Gasteiger partial charge on any atom is -0.481 e. The number of carboxylic acids is 1. The number of alkyl halides is 3. The Hall–Kier alpha value is -1.23. The summed E-state index contributed by atoms with van der Waals surface area (Å²) in [5, 5.41) is 8.64. The lowest BCUT2D eigenvalue weighted by Crippen LogP contribution is -2.13. The highest BCUT2D eigenvalue weighted by molar-refractivity contribution is 6.30. The number of rotatable bonds is 3. The first-order valence-electron chi connectivity index (χ1n) is 4.79. The molecule has 0 aliphatic rings. The number of hydrogen-bond donors (Lipinski definition) is 1. The predicted octanol–water partition coefficient (Wildman–Crippen LogP) is 3.62. The normalized spacial score (nSPS) is 13.5. The van der Waals surface area contributed by atoms with Gasteiger partial charge in [0, 0.05) is 5.02 Å². The van der Waals surface area contributed by atoms with Gasteiger partial charge in [0.15, 0.2) is 0 Å². The van der Waals surface area contributed by atoms with E-state index in [0.717, 1.165) is 12.1 Å². The van der Waals surface area contributed by atoms with E-state index in [2.05, 4.69) is 0 Å². The molecule has 0 saturated carbocycles. The maximum absolute atomic E-state index is 12.5. The van der Waals surface area contributed by atoms with Crippen molar-refractivity contribution in [3.8, 4) is 0 Å². The molecule has 17 heavy (non-hydrogen) atoms. The van der Waals surface area contributed by atoms with Gasteiger partial charge >= 0.3 is 12.1 Å². The van der Waals surface area contributed by atoms with Crippen molar-refractivity contribution in [1.29, 1.82) is 0 Å². The average molecular weight is 267 g/mol. The number of hydrogen-bond acceptors (Lipinski definition) is 1. The Morgan fingerprint density at radius 3 is 2.47 bits per heavy atom. The molecule has 0 fully saturated rings. The minimum atomic E-state index is -4.48. The average Bonchev–Trinajstić information content (AvgIpc) is 2.15. The summed E-state index contributed by atoms with van der Waals surface area (Å²) in [6.45, 7) is 1.43. The zero-order valence-electron chi connectivity index (χ0n) is 8.88. The third kappa shape index (κ3) is 3.93. The SMILES string of the molecule is CC(Cc1cc(Cl)cc(C(F)(F)F)c1)C(=O)O. The molecule has 1 aromatic rings. The molecule has 0 aliphatic carbocycles. The Bertz CT molecular complexity index is 429. The van der Waals surface area contributed by atoms with Crippen LogP contribution in [0.4, 0.5) is 13.2 Å². The second-order valence-corrected chi connectivity index (χ2v) is 4.23. The highest BCUT2D eigenvalue weighted by Crippen LogP contribution is 2.32. The van der Waals surface area contributed by atoms with E-state index in [1.807, 2.05) is 0 Å². The van der Waals surface area contributed by atoms with E-state index in [9.17, 15) is 18.0 Å². The zero-order valence-corrected chi connectivity index (χ0v) is 9.64. The maximum Gasteiger partial charge on any atom is 0.416 e. The van der Waals surface area contributed by atoms with Gasteiger partial charge in [-0.05, 0) is 30.2 Å². The summed E-state index contributed by atoms with van der Waals surface area (Å²) < 4.78 is 37.4. The van der Waals surface area contributed by atoms with Crippen LogP contribution < -0.4 is 0 Å². The van der Waals surface area contributed by atoms with Gasteiger partial charge in [-0.2, -0.15) is 13.2 Å². The summed E-state index contributed by atoms with van der Waals surface area (Å²) >= 11 is 5.57. The summed E-state index contributed by atoms with van der Waals surface area (Å²) in [6.07, 6.45) is -4.47. The molecule has 0 aliphatic heterocycles. The Morgan fingerprint density at radius 1 is 1.41 bits per heavy atom. The molecule has 0 saturated heterocycles. The third-order valence-electron chi connectivity index (χ3n) is 2.25. The highest BCUT2D eigenvalue weighted by atomic mass is 35.5. The number of carboxylic acid groups (broad SMARTS) is 1. The number of carbonyl (C=O) groups is 1. The molecule has 0 spiro atoms. The molecule has 0 amide bonds. The van der Waals surface area contributed by atoms with E-state index in [0.29, 0.717) is 0 Å². The second kappa shape index (κ2) is 4.96. The Labute approximate surface area is 101 Å². The van der Waals surface area contributed by atoms with Crippen LogP contribution >= 0.6 is 11.6 Å². The molecule has 0 aromatic heterocycles. The summed E-state index contributed by atoms with van der Waals surface area (Å²) in [4.78, 5) is 10.6. The fourth-order valence-corrected chi connectivity index (χ4v) is 1.63. The summed E-state index contributed by atoms with van der Waals surface area (Å²) in [5.41, 5.74) is -0.600. The molecule has 0 bridgehead atoms. The van der Waals surface area contributed by atoms with Crippen LogP contribution in [0.15, 0.2) is 18.2 Å². The minimum absolute atomic E-state index is 0.0129. The predicted molar refractivity (Wildman–Crippen MR) is 57.0 cm³/mol. The molecular formula is C11H10ClF3O2. The molecule has 1 N–H and O–H groups in total. The summed E-state index contributed by atoms with van der Waals surface area (Å²) in [5.74, 6) is -1.81. The van der Waals surface area contributed by atoms with Crippen LogP contribution in [0.3, 0.4) is 0 Å². The lowest BCUT2D eigenvalue weighted by molar-refractivity contribution is -0.141. The van der Waals surface area contributed by atoms with Gasteiger partial charge in [0.1, 0.15) is 0 Å². The Morgan fingerprint density at radius 2 is 2.00 bits per heavy atom. The molecular weight excluding hydrogens is 257 g/mol. The van der Waals surface area contributed by atoms with Crippen molar-refractivity contribution in [3.63, 3.8) is 0 Å². The quantitative estimate of drug-likeness (QED) is 0.907. The van der Waals surface area contributed by atoms with Crippen molar-refractivity contribution in [3.05, 3.63) is 34.3 Å². The van der Waals surface area contributed by atoms with Crippen LogP contribution in [-0.2, 0) is 17.4 Å². The Balaban J connectivity index is 3.02. The monoisotopic (exact) mass is 266 g/mol. The molecule has 1 unspecified atom stereocenters. The molecule has 2 nitrogen and oxygen atoms in total. The summed E-state index contributed by atoms with van der Waals surface area (Å²) in [7, 11) is 0. The van der Waals surface area contributed by atoms with Gasteiger partial charge < -0.3 is 5.11 Å². The van der Waals surface area contributed by atoms with E-state index in [1.54, 1.807) is 0 Å². The van der Waals surface area contributed by atoms with Gasteiger partial charge in [0.2, 0.25) is 0 Å². The first-order valence-corrected chi connectivity index (χ1v) is 5.17. The Kier molecular flexibility index (Phi) is 4.03. The van der Waals surface area contributed by atoms with E-state index >= 15 is 0 Å². The molecule has 1 aromatic carbocycles. The highest BCUT2D eigenvalue weighted by Gasteiger charge is 2.31. The van der Waals surface area contributed by atoms with Crippen molar-refractivity contribution < 1.29 is 23.1 Å². The van der Waals surface area contributed by atoms with Crippen molar-refractivity contribution in [1.82, 2.24) is 0 Å². The van der Waals surface area contributed by atoms with Crippen molar-refractivity contribution >= 4 is 17.6 Å². The fourth-order valence-electron chi connectivity index (χ4n) is 1.37. The fraction of sp³-hybridized carbons (Fsp3) is 0.364. The van der Waals surface area contributed by atoms with Crippen LogP contribution in [0.1, 0.15) is 18.1 Å². The molecule has 0 heterocycles. The van der Waals surface area contributed by atoms with Crippen LogP contribution in [0.2, 0.25) is 5.02 Å². The first-order chi connectivity index (χ1) is 7.70. The zero-order chi connectivity index (χ0) is 13.2. The molecule has 0 radical (unpaired) electrons. The van der Waals surface area contributed by atoms with Crippen LogP contribution in [0.25, 0.3) is 0 Å². The van der Waals surface area contributed by atoms with Gasteiger partial charge in [-0.15, -0.1) is 0 Å². The van der Waals surface area contributed by atoms with Gasteiger partial charge in [-0.3, -0.25) is 4.79 Å². The van der Waals surface area contributed by atoms with Crippen LogP contribution in [0.5, 0.6) is 0 Å². The molecule has 6 heteroatoms. The smallest absolute Gasteiger partial charge is 0.416 e. The number of benzene rings is 1. The van der Waals surface area contributed by atoms with Crippen molar-refractivity contribution in [2.45, 2.75) is 19.5 Å². The molecule has 1 atom stereocenters. The first kappa shape index (κ1) is 13.8. The number of halogens is 4. The maximum atomic E-state index is 12.5. The van der Waals surface area contributed by atoms with Gasteiger partial charge in [-0.1, -0.05) is 18.5 Å². The topological polar surface area (TPSA) is 37.3 Å². The van der Waals surface area contributed by atoms with Gasteiger partial charge in [0.05, 0.1) is 11.5 Å².